The van der Waals surface area contributed by atoms with Gasteiger partial charge in [0.05, 0.1) is 12.7 Å². The maximum atomic E-state index is 12.3. The lowest BCUT2D eigenvalue weighted by atomic mass is 10.0. The fourth-order valence-corrected chi connectivity index (χ4v) is 5.28. The molecule has 50 heavy (non-hydrogen) atoms. The molecule has 4 aromatic heterocycles. The minimum atomic E-state index is -0.322. The highest BCUT2D eigenvalue weighted by molar-refractivity contribution is 6.04. The summed E-state index contributed by atoms with van der Waals surface area (Å²) in [5.74, 6) is 1.20. The van der Waals surface area contributed by atoms with E-state index in [1.54, 1.807) is 0 Å². The summed E-state index contributed by atoms with van der Waals surface area (Å²) >= 11 is 0. The third-order valence-electron chi connectivity index (χ3n) is 7.94. The predicted octanol–water partition coefficient (Wildman–Crippen LogP) is 9.89. The van der Waals surface area contributed by atoms with Crippen molar-refractivity contribution < 1.29 is 9.21 Å². The van der Waals surface area contributed by atoms with E-state index in [2.05, 4.69) is 77.6 Å². The van der Waals surface area contributed by atoms with Crippen LogP contribution in [0.25, 0.3) is 44.2 Å². The first kappa shape index (κ1) is 36.8. The molecule has 8 nitrogen and oxygen atoms in total. The van der Waals surface area contributed by atoms with E-state index in [4.69, 9.17) is 4.42 Å². The van der Waals surface area contributed by atoms with Crippen molar-refractivity contribution in [3.05, 3.63) is 144 Å². The zero-order valence-corrected chi connectivity index (χ0v) is 29.4. The Balaban J connectivity index is 0.000000168. The van der Waals surface area contributed by atoms with Gasteiger partial charge in [-0.1, -0.05) is 101 Å². The van der Waals surface area contributed by atoms with Crippen LogP contribution in [0.3, 0.4) is 0 Å². The summed E-state index contributed by atoms with van der Waals surface area (Å²) in [6.07, 6.45) is 9.60. The Bertz CT molecular complexity index is 2210. The van der Waals surface area contributed by atoms with Crippen LogP contribution in [0.4, 0.5) is 5.69 Å². The molecule has 1 unspecified atom stereocenters. The number of aldehydes is 1. The average Bonchev–Trinajstić information content (AvgIpc) is 3.74. The summed E-state index contributed by atoms with van der Waals surface area (Å²) in [4.78, 5) is 34.9. The lowest BCUT2D eigenvalue weighted by Gasteiger charge is -2.11. The molecular weight excluding hydrogens is 622 g/mol. The third-order valence-corrected chi connectivity index (χ3v) is 7.94. The highest BCUT2D eigenvalue weighted by Gasteiger charge is 2.11. The van der Waals surface area contributed by atoms with Gasteiger partial charge in [-0.2, -0.15) is 0 Å². The van der Waals surface area contributed by atoms with E-state index in [1.807, 2.05) is 86.9 Å². The Labute approximate surface area is 293 Å². The number of aryl methyl sites for hydroxylation is 1. The van der Waals surface area contributed by atoms with Crippen LogP contribution in [0.15, 0.2) is 131 Å². The maximum Gasteiger partial charge on any atom is 0.277 e. The van der Waals surface area contributed by atoms with Gasteiger partial charge in [-0.3, -0.25) is 14.3 Å². The van der Waals surface area contributed by atoms with Crippen molar-refractivity contribution in [2.24, 2.45) is 5.92 Å². The normalized spacial score (nSPS) is 10.8. The average molecular weight is 668 g/mol. The van der Waals surface area contributed by atoms with Crippen molar-refractivity contribution in [3.63, 3.8) is 0 Å². The molecule has 0 saturated heterocycles. The van der Waals surface area contributed by atoms with E-state index in [1.165, 1.54) is 56.3 Å². The number of fused-ring (bicyclic) bond motifs is 4. The molecule has 0 bridgehead atoms. The van der Waals surface area contributed by atoms with Crippen LogP contribution >= 0.6 is 0 Å². The number of rotatable bonds is 8. The summed E-state index contributed by atoms with van der Waals surface area (Å²) in [5.41, 5.74) is 8.95. The molecule has 0 fully saturated rings. The topological polar surface area (TPSA) is 106 Å². The fraction of sp³-hybridized carbons (Fsp3) is 0.214. The number of carbonyl (C=O) groups excluding carboxylic acids is 1. The van der Waals surface area contributed by atoms with E-state index in [9.17, 15) is 9.59 Å². The number of pyridine rings is 1. The zero-order chi connectivity index (χ0) is 35.9. The second kappa shape index (κ2) is 18.5. The number of benzene rings is 3. The highest BCUT2D eigenvalue weighted by atomic mass is 16.3. The van der Waals surface area contributed by atoms with Gasteiger partial charge in [0.1, 0.15) is 29.0 Å². The Kier molecular flexibility index (Phi) is 13.7. The van der Waals surface area contributed by atoms with Crippen molar-refractivity contribution in [2.75, 3.05) is 5.32 Å². The summed E-state index contributed by atoms with van der Waals surface area (Å²) in [6.45, 7) is 14.0. The number of furan rings is 1. The fourth-order valence-electron chi connectivity index (χ4n) is 5.28. The molecule has 7 aromatic rings. The first-order valence-electron chi connectivity index (χ1n) is 16.9. The van der Waals surface area contributed by atoms with Crippen molar-refractivity contribution in [3.8, 4) is 11.4 Å². The molecule has 0 spiro atoms. The predicted molar refractivity (Wildman–Crippen MR) is 206 cm³/mol. The number of nitrogens with zero attached hydrogens (tertiary/aromatic N) is 3. The van der Waals surface area contributed by atoms with Crippen LogP contribution in [-0.2, 0) is 17.8 Å². The largest absolute Gasteiger partial charge is 0.456 e. The summed E-state index contributed by atoms with van der Waals surface area (Å²) in [7, 11) is 0. The Morgan fingerprint density at radius 1 is 0.980 bits per heavy atom. The molecule has 0 saturated carbocycles. The van der Waals surface area contributed by atoms with Crippen LogP contribution in [-0.4, -0.2) is 25.8 Å². The minimum Gasteiger partial charge on any atom is -0.456 e. The molecule has 0 radical (unpaired) electrons. The molecule has 0 aliphatic rings. The van der Waals surface area contributed by atoms with Gasteiger partial charge in [0.25, 0.3) is 5.56 Å². The third kappa shape index (κ3) is 9.34. The number of hydrogen-bond donors (Lipinski definition) is 2. The second-order valence-corrected chi connectivity index (χ2v) is 11.5. The summed E-state index contributed by atoms with van der Waals surface area (Å²) < 4.78 is 7.03. The van der Waals surface area contributed by atoms with E-state index in [0.717, 1.165) is 29.1 Å². The van der Waals surface area contributed by atoms with Crippen LogP contribution in [0.5, 0.6) is 0 Å². The smallest absolute Gasteiger partial charge is 0.277 e. The number of aromatic nitrogens is 4. The standard InChI is InChI=1S/C15H13N3O2.C13H10O.C12H16N2.C2H6/c1-2-8-16-13-11-17-14(12-6-4-3-5-7-12)18(9-10-19)15(13)20;1-9-6-7-13-11(8-9)10-4-2-3-5-12(10)14-13;1-3-9(2)6-11-7-10-8-13-5-4-12(10)14-11;1-2/h3-8,10-11,16H,1,9H2;2-8H,1H3;4-5,7-9,14H,3,6H2,1-2H3;1-2H3. The molecular formula is C42H45N5O3. The maximum absolute atomic E-state index is 12.3. The number of H-pyrrole nitrogens is 1. The molecule has 0 aliphatic heterocycles. The molecule has 1 atom stereocenters. The van der Waals surface area contributed by atoms with Crippen molar-refractivity contribution in [2.45, 2.75) is 54.0 Å². The van der Waals surface area contributed by atoms with Crippen molar-refractivity contribution in [1.29, 1.82) is 0 Å². The van der Waals surface area contributed by atoms with E-state index in [0.29, 0.717) is 12.1 Å². The Hall–Kier alpha value is -5.98. The summed E-state index contributed by atoms with van der Waals surface area (Å²) in [5, 5.41) is 6.35. The van der Waals surface area contributed by atoms with Crippen molar-refractivity contribution >= 4 is 44.8 Å². The Morgan fingerprint density at radius 2 is 1.72 bits per heavy atom. The van der Waals surface area contributed by atoms with Gasteiger partial charge >= 0.3 is 0 Å². The molecule has 256 valence electrons. The van der Waals surface area contributed by atoms with E-state index in [-0.39, 0.29) is 17.8 Å². The number of carbonyl (C=O) groups is 1. The molecule has 8 heteroatoms. The minimum absolute atomic E-state index is 0.0522. The van der Waals surface area contributed by atoms with Crippen molar-refractivity contribution in [1.82, 2.24) is 19.5 Å². The number of nitrogens with one attached hydrogen (secondary N) is 2. The molecule has 3 aromatic carbocycles. The SMILES string of the molecule is C=C=CNc1cnc(-c2ccccc2)n(CC=O)c1=O.CC.CCC(C)Cc1cc2cnccc2[nH]1.Cc1ccc2oc3ccccc3c2c1. The molecule has 4 heterocycles. The van der Waals surface area contributed by atoms with Gasteiger partial charge in [-0.25, -0.2) is 4.98 Å². The van der Waals surface area contributed by atoms with Gasteiger partial charge < -0.3 is 19.5 Å². The first-order chi connectivity index (χ1) is 24.4. The van der Waals surface area contributed by atoms with Gasteiger partial charge in [0.2, 0.25) is 0 Å². The van der Waals surface area contributed by atoms with Gasteiger partial charge in [-0.05, 0) is 49.6 Å². The van der Waals surface area contributed by atoms with E-state index >= 15 is 0 Å². The van der Waals surface area contributed by atoms with Crippen LogP contribution in [0, 0.1) is 12.8 Å². The van der Waals surface area contributed by atoms with Gasteiger partial charge in [0, 0.05) is 51.5 Å². The number of anilines is 1. The highest BCUT2D eigenvalue weighted by Crippen LogP contribution is 2.28. The lowest BCUT2D eigenvalue weighted by molar-refractivity contribution is -0.108. The number of hydrogen-bond acceptors (Lipinski definition) is 6. The van der Waals surface area contributed by atoms with Crippen LogP contribution in [0.1, 0.15) is 45.4 Å². The van der Waals surface area contributed by atoms with E-state index < -0.39 is 0 Å². The molecule has 0 amide bonds. The lowest BCUT2D eigenvalue weighted by Crippen LogP contribution is -2.25. The molecule has 0 aliphatic carbocycles. The number of aromatic amines is 1. The monoisotopic (exact) mass is 667 g/mol. The van der Waals surface area contributed by atoms with Gasteiger partial charge in [-0.15, -0.1) is 5.73 Å². The molecule has 2 N–H and O–H groups in total. The van der Waals surface area contributed by atoms with Gasteiger partial charge in [0.15, 0.2) is 0 Å². The first-order valence-corrected chi connectivity index (χ1v) is 16.9. The number of para-hydroxylation sites is 1. The summed E-state index contributed by atoms with van der Waals surface area (Å²) in [6, 6.07) is 27.9. The van der Waals surface area contributed by atoms with Crippen LogP contribution in [0.2, 0.25) is 0 Å². The van der Waals surface area contributed by atoms with Crippen LogP contribution < -0.4 is 10.9 Å². The quantitative estimate of drug-likeness (QED) is 0.123. The zero-order valence-electron chi connectivity index (χ0n) is 29.4. The molecule has 7 rings (SSSR count). The second-order valence-electron chi connectivity index (χ2n) is 11.5. The Morgan fingerprint density at radius 3 is 2.44 bits per heavy atom.